The first kappa shape index (κ1) is 10.1. The molecule has 0 amide bonds. The Bertz CT molecular complexity index is 301. The fourth-order valence-corrected chi connectivity index (χ4v) is 0.928. The predicted molar refractivity (Wildman–Crippen MR) is 57.9 cm³/mol. The zero-order chi connectivity index (χ0) is 9.84. The van der Waals surface area contributed by atoms with Crippen LogP contribution in [0.15, 0.2) is 29.3 Å². The Kier molecular flexibility index (Phi) is 3.32. The third-order valence-corrected chi connectivity index (χ3v) is 2.02. The molecule has 0 spiro atoms. The van der Waals surface area contributed by atoms with Crippen LogP contribution in [0.4, 0.5) is 5.69 Å². The molecule has 0 aromatic heterocycles. The molecular weight excluding hydrogens is 184 g/mol. The lowest BCUT2D eigenvalue weighted by Gasteiger charge is -2.10. The minimum atomic E-state index is 0.737. The number of rotatable bonds is 1. The maximum Gasteiger partial charge on any atom is 0.101 e. The van der Waals surface area contributed by atoms with Crippen LogP contribution in [0.3, 0.4) is 0 Å². The maximum atomic E-state index is 5.75. The van der Waals surface area contributed by atoms with E-state index in [9.17, 15) is 0 Å². The molecule has 2 nitrogen and oxygen atoms in total. The normalized spacial score (nSPS) is 11.5. The monoisotopic (exact) mass is 196 g/mol. The Balaban J connectivity index is 2.85. The molecule has 0 aliphatic heterocycles. The molecule has 0 heterocycles. The van der Waals surface area contributed by atoms with Crippen LogP contribution in [0.1, 0.15) is 6.92 Å². The van der Waals surface area contributed by atoms with Gasteiger partial charge in [-0.15, -0.1) is 0 Å². The molecule has 0 aliphatic rings. The van der Waals surface area contributed by atoms with E-state index in [1.807, 2.05) is 50.2 Å². The first-order valence-corrected chi connectivity index (χ1v) is 4.45. The zero-order valence-corrected chi connectivity index (χ0v) is 8.84. The Morgan fingerprint density at radius 1 is 1.23 bits per heavy atom. The lowest BCUT2D eigenvalue weighted by molar-refractivity contribution is 0.619. The second kappa shape index (κ2) is 4.28. The maximum absolute atomic E-state index is 5.75. The lowest BCUT2D eigenvalue weighted by Crippen LogP contribution is -2.17. The standard InChI is InChI=1S/C10H13ClN2/c1-8(13(2)3)12-10-6-4-9(11)5-7-10/h4-7H,1-3H3. The van der Waals surface area contributed by atoms with E-state index in [0.717, 1.165) is 16.5 Å². The van der Waals surface area contributed by atoms with Gasteiger partial charge in [-0.1, -0.05) is 11.6 Å². The first-order chi connectivity index (χ1) is 6.09. The van der Waals surface area contributed by atoms with E-state index in [1.165, 1.54) is 0 Å². The molecule has 0 N–H and O–H groups in total. The topological polar surface area (TPSA) is 15.6 Å². The fourth-order valence-electron chi connectivity index (χ4n) is 0.802. The molecule has 13 heavy (non-hydrogen) atoms. The van der Waals surface area contributed by atoms with Crippen molar-refractivity contribution in [3.63, 3.8) is 0 Å². The van der Waals surface area contributed by atoms with Crippen molar-refractivity contribution in [1.82, 2.24) is 4.90 Å². The molecule has 1 aromatic carbocycles. The van der Waals surface area contributed by atoms with Crippen molar-refractivity contribution in [2.24, 2.45) is 4.99 Å². The summed E-state index contributed by atoms with van der Waals surface area (Å²) in [6.07, 6.45) is 0. The van der Waals surface area contributed by atoms with E-state index in [0.29, 0.717) is 0 Å². The van der Waals surface area contributed by atoms with Gasteiger partial charge in [0.15, 0.2) is 0 Å². The molecule has 3 heteroatoms. The van der Waals surface area contributed by atoms with Gasteiger partial charge in [-0.2, -0.15) is 0 Å². The highest BCUT2D eigenvalue weighted by Crippen LogP contribution is 2.16. The van der Waals surface area contributed by atoms with Gasteiger partial charge < -0.3 is 4.90 Å². The molecule has 0 bridgehead atoms. The van der Waals surface area contributed by atoms with E-state index in [4.69, 9.17) is 11.6 Å². The van der Waals surface area contributed by atoms with Gasteiger partial charge in [0.1, 0.15) is 5.84 Å². The lowest BCUT2D eigenvalue weighted by atomic mass is 10.3. The van der Waals surface area contributed by atoms with Crippen molar-refractivity contribution in [3.8, 4) is 0 Å². The average molecular weight is 197 g/mol. The minimum absolute atomic E-state index is 0.737. The molecule has 70 valence electrons. The Labute approximate surface area is 83.8 Å². The summed E-state index contributed by atoms with van der Waals surface area (Å²) in [6, 6.07) is 7.47. The van der Waals surface area contributed by atoms with Gasteiger partial charge in [-0.05, 0) is 31.2 Å². The van der Waals surface area contributed by atoms with E-state index < -0.39 is 0 Å². The van der Waals surface area contributed by atoms with Gasteiger partial charge in [0.25, 0.3) is 0 Å². The molecule has 1 rings (SSSR count). The molecule has 0 saturated heterocycles. The summed E-state index contributed by atoms with van der Waals surface area (Å²) < 4.78 is 0. The summed E-state index contributed by atoms with van der Waals surface area (Å²) in [5, 5.41) is 0.737. The van der Waals surface area contributed by atoms with Crippen molar-refractivity contribution < 1.29 is 0 Å². The molecule has 0 aliphatic carbocycles. The number of amidine groups is 1. The second-order valence-corrected chi connectivity index (χ2v) is 3.47. The Morgan fingerprint density at radius 3 is 2.23 bits per heavy atom. The van der Waals surface area contributed by atoms with E-state index in [-0.39, 0.29) is 0 Å². The SMILES string of the molecule is CC(=Nc1ccc(Cl)cc1)N(C)C. The molecule has 1 aromatic rings. The van der Waals surface area contributed by atoms with Crippen molar-refractivity contribution in [1.29, 1.82) is 0 Å². The highest BCUT2D eigenvalue weighted by atomic mass is 35.5. The molecular formula is C10H13ClN2. The van der Waals surface area contributed by atoms with Crippen molar-refractivity contribution in [2.75, 3.05) is 14.1 Å². The number of halogens is 1. The summed E-state index contributed by atoms with van der Waals surface area (Å²) >= 11 is 5.75. The van der Waals surface area contributed by atoms with Crippen LogP contribution in [-0.4, -0.2) is 24.8 Å². The zero-order valence-electron chi connectivity index (χ0n) is 8.08. The third kappa shape index (κ3) is 3.07. The van der Waals surface area contributed by atoms with Gasteiger partial charge in [0.05, 0.1) is 5.69 Å². The van der Waals surface area contributed by atoms with Gasteiger partial charge >= 0.3 is 0 Å². The van der Waals surface area contributed by atoms with Crippen molar-refractivity contribution in [2.45, 2.75) is 6.92 Å². The summed E-state index contributed by atoms with van der Waals surface area (Å²) in [5.74, 6) is 0.974. The molecule has 0 saturated carbocycles. The highest BCUT2D eigenvalue weighted by Gasteiger charge is 1.94. The smallest absolute Gasteiger partial charge is 0.101 e. The predicted octanol–water partition coefficient (Wildman–Crippen LogP) is 2.95. The van der Waals surface area contributed by atoms with Crippen LogP contribution in [0.2, 0.25) is 5.02 Å². The van der Waals surface area contributed by atoms with E-state index in [2.05, 4.69) is 4.99 Å². The van der Waals surface area contributed by atoms with E-state index in [1.54, 1.807) is 0 Å². The number of nitrogens with zero attached hydrogens (tertiary/aromatic N) is 2. The number of aliphatic imine (C=N–C) groups is 1. The number of benzene rings is 1. The van der Waals surface area contributed by atoms with Crippen LogP contribution in [-0.2, 0) is 0 Å². The Morgan fingerprint density at radius 2 is 1.77 bits per heavy atom. The fraction of sp³-hybridized carbons (Fsp3) is 0.300. The highest BCUT2D eigenvalue weighted by molar-refractivity contribution is 6.30. The van der Waals surface area contributed by atoms with Crippen LogP contribution in [0, 0.1) is 0 Å². The Hall–Kier alpha value is -1.02. The molecule has 0 radical (unpaired) electrons. The van der Waals surface area contributed by atoms with Crippen LogP contribution >= 0.6 is 11.6 Å². The molecule has 0 unspecified atom stereocenters. The van der Waals surface area contributed by atoms with Crippen LogP contribution < -0.4 is 0 Å². The minimum Gasteiger partial charge on any atom is -0.366 e. The summed E-state index contributed by atoms with van der Waals surface area (Å²) in [7, 11) is 3.93. The van der Waals surface area contributed by atoms with E-state index >= 15 is 0 Å². The van der Waals surface area contributed by atoms with Crippen LogP contribution in [0.25, 0.3) is 0 Å². The summed E-state index contributed by atoms with van der Waals surface area (Å²) in [4.78, 5) is 6.35. The quantitative estimate of drug-likeness (QED) is 0.498. The van der Waals surface area contributed by atoms with Crippen LogP contribution in [0.5, 0.6) is 0 Å². The van der Waals surface area contributed by atoms with Gasteiger partial charge in [-0.3, -0.25) is 0 Å². The van der Waals surface area contributed by atoms with Crippen molar-refractivity contribution in [3.05, 3.63) is 29.3 Å². The van der Waals surface area contributed by atoms with Gasteiger partial charge in [0.2, 0.25) is 0 Å². The van der Waals surface area contributed by atoms with Gasteiger partial charge in [-0.25, -0.2) is 4.99 Å². The molecule has 0 fully saturated rings. The number of hydrogen-bond acceptors (Lipinski definition) is 1. The molecule has 0 atom stereocenters. The summed E-state index contributed by atoms with van der Waals surface area (Å²) in [6.45, 7) is 1.97. The third-order valence-electron chi connectivity index (χ3n) is 1.76. The largest absolute Gasteiger partial charge is 0.366 e. The second-order valence-electron chi connectivity index (χ2n) is 3.03. The first-order valence-electron chi connectivity index (χ1n) is 4.08. The average Bonchev–Trinajstić information content (AvgIpc) is 2.08. The summed E-state index contributed by atoms with van der Waals surface area (Å²) in [5.41, 5.74) is 0.926. The number of hydrogen-bond donors (Lipinski definition) is 0. The van der Waals surface area contributed by atoms with Crippen molar-refractivity contribution >= 4 is 23.1 Å². The van der Waals surface area contributed by atoms with Gasteiger partial charge in [0, 0.05) is 19.1 Å².